The number of hydrogen-bond acceptors (Lipinski definition) is 3. The number of carbonyl (C=O) groups is 1. The van der Waals surface area contributed by atoms with Gasteiger partial charge in [0.15, 0.2) is 5.78 Å². The summed E-state index contributed by atoms with van der Waals surface area (Å²) in [6.07, 6.45) is 1.17. The molecular formula is C11H13Cl2NOS. The SMILES string of the molecule is CC1CCN(CC(=O)c2cc(Cl)sc2Cl)C1. The van der Waals surface area contributed by atoms with E-state index in [0.717, 1.165) is 13.1 Å². The van der Waals surface area contributed by atoms with Crippen molar-refractivity contribution in [1.82, 2.24) is 4.90 Å². The Labute approximate surface area is 109 Å². The van der Waals surface area contributed by atoms with Crippen molar-refractivity contribution in [3.8, 4) is 0 Å². The fraction of sp³-hybridized carbons (Fsp3) is 0.545. The quantitative estimate of drug-likeness (QED) is 0.788. The van der Waals surface area contributed by atoms with Gasteiger partial charge < -0.3 is 0 Å². The van der Waals surface area contributed by atoms with Crippen molar-refractivity contribution < 1.29 is 4.79 Å². The maximum Gasteiger partial charge on any atom is 0.179 e. The van der Waals surface area contributed by atoms with Gasteiger partial charge >= 0.3 is 0 Å². The van der Waals surface area contributed by atoms with Gasteiger partial charge in [0, 0.05) is 6.54 Å². The molecule has 0 N–H and O–H groups in total. The van der Waals surface area contributed by atoms with Gasteiger partial charge in [-0.2, -0.15) is 0 Å². The zero-order valence-electron chi connectivity index (χ0n) is 9.00. The average Bonchev–Trinajstić information content (AvgIpc) is 2.73. The molecule has 16 heavy (non-hydrogen) atoms. The summed E-state index contributed by atoms with van der Waals surface area (Å²) in [4.78, 5) is 14.1. The first-order chi connectivity index (χ1) is 7.56. The Morgan fingerprint density at radius 2 is 2.38 bits per heavy atom. The van der Waals surface area contributed by atoms with Gasteiger partial charge in [0.05, 0.1) is 16.4 Å². The van der Waals surface area contributed by atoms with Crippen LogP contribution in [-0.4, -0.2) is 30.3 Å². The highest BCUT2D eigenvalue weighted by atomic mass is 35.5. The van der Waals surface area contributed by atoms with E-state index in [1.54, 1.807) is 6.07 Å². The number of Topliss-reactive ketones (excluding diaryl/α,β-unsaturated/α-hetero) is 1. The lowest BCUT2D eigenvalue weighted by molar-refractivity contribution is 0.0944. The van der Waals surface area contributed by atoms with Crippen molar-refractivity contribution in [3.05, 3.63) is 20.3 Å². The number of rotatable bonds is 3. The van der Waals surface area contributed by atoms with Crippen molar-refractivity contribution in [2.24, 2.45) is 5.92 Å². The molecule has 0 aliphatic carbocycles. The minimum Gasteiger partial charge on any atom is -0.296 e. The summed E-state index contributed by atoms with van der Waals surface area (Å²) in [6.45, 7) is 4.67. The van der Waals surface area contributed by atoms with Crippen molar-refractivity contribution in [2.75, 3.05) is 19.6 Å². The van der Waals surface area contributed by atoms with E-state index in [2.05, 4.69) is 11.8 Å². The molecule has 0 spiro atoms. The zero-order valence-corrected chi connectivity index (χ0v) is 11.3. The highest BCUT2D eigenvalue weighted by molar-refractivity contribution is 7.20. The summed E-state index contributed by atoms with van der Waals surface area (Å²) in [5, 5.41) is 0. The number of likely N-dealkylation sites (tertiary alicyclic amines) is 1. The van der Waals surface area contributed by atoms with Crippen LogP contribution in [0, 0.1) is 5.92 Å². The van der Waals surface area contributed by atoms with Crippen molar-refractivity contribution >= 4 is 40.3 Å². The van der Waals surface area contributed by atoms with Gasteiger partial charge in [0.2, 0.25) is 0 Å². The highest BCUT2D eigenvalue weighted by Gasteiger charge is 2.22. The first-order valence-corrected chi connectivity index (χ1v) is 6.84. The normalized spacial score (nSPS) is 21.6. The fourth-order valence-corrected chi connectivity index (χ4v) is 3.49. The Morgan fingerprint density at radius 3 is 2.88 bits per heavy atom. The second-order valence-corrected chi connectivity index (χ2v) is 6.58. The third-order valence-corrected chi connectivity index (χ3v) is 4.32. The topological polar surface area (TPSA) is 20.3 Å². The summed E-state index contributed by atoms with van der Waals surface area (Å²) in [7, 11) is 0. The number of halogens is 2. The van der Waals surface area contributed by atoms with Crippen LogP contribution in [0.1, 0.15) is 23.7 Å². The van der Waals surface area contributed by atoms with E-state index in [4.69, 9.17) is 23.2 Å². The maximum absolute atomic E-state index is 12.0. The molecule has 0 radical (unpaired) electrons. The molecule has 88 valence electrons. The monoisotopic (exact) mass is 277 g/mol. The molecule has 1 saturated heterocycles. The molecule has 1 aliphatic heterocycles. The van der Waals surface area contributed by atoms with E-state index >= 15 is 0 Å². The molecule has 0 amide bonds. The minimum atomic E-state index is 0.0715. The fourth-order valence-electron chi connectivity index (χ4n) is 1.99. The van der Waals surface area contributed by atoms with Crippen LogP contribution in [0.4, 0.5) is 0 Å². The van der Waals surface area contributed by atoms with Gasteiger partial charge in [0.25, 0.3) is 0 Å². The summed E-state index contributed by atoms with van der Waals surface area (Å²) in [5.41, 5.74) is 0.566. The van der Waals surface area contributed by atoms with Crippen molar-refractivity contribution in [2.45, 2.75) is 13.3 Å². The molecule has 1 fully saturated rings. The van der Waals surface area contributed by atoms with Gasteiger partial charge in [-0.15, -0.1) is 11.3 Å². The number of carbonyl (C=O) groups excluding carboxylic acids is 1. The predicted molar refractivity (Wildman–Crippen MR) is 68.9 cm³/mol. The number of nitrogens with zero attached hydrogens (tertiary/aromatic N) is 1. The minimum absolute atomic E-state index is 0.0715. The van der Waals surface area contributed by atoms with Crippen molar-refractivity contribution in [3.63, 3.8) is 0 Å². The number of thiophene rings is 1. The maximum atomic E-state index is 12.0. The predicted octanol–water partition coefficient (Wildman–Crippen LogP) is 3.58. The van der Waals surface area contributed by atoms with Crippen LogP contribution < -0.4 is 0 Å². The third kappa shape index (κ3) is 2.77. The Kier molecular flexibility index (Phi) is 3.90. The van der Waals surface area contributed by atoms with Gasteiger partial charge in [-0.3, -0.25) is 9.69 Å². The first kappa shape index (κ1) is 12.4. The molecular weight excluding hydrogens is 265 g/mol. The molecule has 0 bridgehead atoms. The van der Waals surface area contributed by atoms with Crippen LogP contribution in [0.2, 0.25) is 8.67 Å². The van der Waals surface area contributed by atoms with Crippen LogP contribution in [0.3, 0.4) is 0 Å². The Morgan fingerprint density at radius 1 is 1.62 bits per heavy atom. The lowest BCUT2D eigenvalue weighted by Gasteiger charge is -2.13. The lowest BCUT2D eigenvalue weighted by atomic mass is 10.2. The molecule has 2 heterocycles. The van der Waals surface area contributed by atoms with Crippen LogP contribution in [0.5, 0.6) is 0 Å². The van der Waals surface area contributed by atoms with Gasteiger partial charge in [-0.1, -0.05) is 30.1 Å². The van der Waals surface area contributed by atoms with Crippen molar-refractivity contribution in [1.29, 1.82) is 0 Å². The molecule has 2 nitrogen and oxygen atoms in total. The Balaban J connectivity index is 2.00. The smallest absolute Gasteiger partial charge is 0.179 e. The van der Waals surface area contributed by atoms with E-state index in [1.165, 1.54) is 17.8 Å². The number of hydrogen-bond donors (Lipinski definition) is 0. The number of ketones is 1. The molecule has 2 rings (SSSR count). The first-order valence-electron chi connectivity index (χ1n) is 5.26. The van der Waals surface area contributed by atoms with Crippen LogP contribution >= 0.6 is 34.5 Å². The van der Waals surface area contributed by atoms with E-state index in [0.29, 0.717) is 26.7 Å². The van der Waals surface area contributed by atoms with Crippen LogP contribution in [-0.2, 0) is 0 Å². The molecule has 0 aromatic carbocycles. The van der Waals surface area contributed by atoms with Crippen LogP contribution in [0.15, 0.2) is 6.07 Å². The molecule has 5 heteroatoms. The second kappa shape index (κ2) is 5.05. The second-order valence-electron chi connectivity index (χ2n) is 4.29. The molecule has 1 aromatic heterocycles. The molecule has 1 atom stereocenters. The molecule has 0 saturated carbocycles. The Hall–Kier alpha value is -0.0900. The summed E-state index contributed by atoms with van der Waals surface area (Å²) >= 11 is 13.0. The molecule has 1 aliphatic rings. The Bertz CT molecular complexity index is 405. The summed E-state index contributed by atoms with van der Waals surface area (Å²) in [5.74, 6) is 0.761. The zero-order chi connectivity index (χ0) is 11.7. The van der Waals surface area contributed by atoms with E-state index in [9.17, 15) is 4.79 Å². The standard InChI is InChI=1S/C11H13Cl2NOS/c1-7-2-3-14(5-7)6-9(15)8-4-10(12)16-11(8)13/h4,7H,2-3,5-6H2,1H3. The highest BCUT2D eigenvalue weighted by Crippen LogP contribution is 2.31. The van der Waals surface area contributed by atoms with Crippen LogP contribution in [0.25, 0.3) is 0 Å². The van der Waals surface area contributed by atoms with Gasteiger partial charge in [0.1, 0.15) is 4.34 Å². The van der Waals surface area contributed by atoms with Gasteiger partial charge in [-0.05, 0) is 24.9 Å². The lowest BCUT2D eigenvalue weighted by Crippen LogP contribution is -2.27. The van der Waals surface area contributed by atoms with E-state index in [-0.39, 0.29) is 5.78 Å². The van der Waals surface area contributed by atoms with Gasteiger partial charge in [-0.25, -0.2) is 0 Å². The van der Waals surface area contributed by atoms with E-state index in [1.807, 2.05) is 0 Å². The third-order valence-electron chi connectivity index (χ3n) is 2.83. The molecule has 1 aromatic rings. The summed E-state index contributed by atoms with van der Waals surface area (Å²) in [6, 6.07) is 1.66. The average molecular weight is 278 g/mol. The summed E-state index contributed by atoms with van der Waals surface area (Å²) < 4.78 is 1.07. The largest absolute Gasteiger partial charge is 0.296 e. The van der Waals surface area contributed by atoms with E-state index < -0.39 is 0 Å². The molecule has 1 unspecified atom stereocenters.